The first kappa shape index (κ1) is 27.6. The number of amides is 4. The molecule has 1 aliphatic carbocycles. The van der Waals surface area contributed by atoms with E-state index < -0.39 is 11.8 Å². The Balaban J connectivity index is 1.15. The predicted molar refractivity (Wildman–Crippen MR) is 165 cm³/mol. The molecular formula is C36H31N3O5. The van der Waals surface area contributed by atoms with Gasteiger partial charge in [-0.2, -0.15) is 0 Å². The lowest BCUT2D eigenvalue weighted by molar-refractivity contribution is -0.123. The molecule has 2 aliphatic heterocycles. The second-order valence-corrected chi connectivity index (χ2v) is 11.4. The molecule has 8 heteroatoms. The van der Waals surface area contributed by atoms with E-state index in [-0.39, 0.29) is 30.3 Å². The normalized spacial score (nSPS) is 19.0. The zero-order chi connectivity index (χ0) is 30.2. The van der Waals surface area contributed by atoms with Crippen LogP contribution in [0.3, 0.4) is 0 Å². The summed E-state index contributed by atoms with van der Waals surface area (Å²) in [6.45, 7) is 0.410. The fourth-order valence-corrected chi connectivity index (χ4v) is 6.62. The summed E-state index contributed by atoms with van der Waals surface area (Å²) in [7, 11) is 0. The summed E-state index contributed by atoms with van der Waals surface area (Å²) in [5.41, 5.74) is 3.86. The van der Waals surface area contributed by atoms with Gasteiger partial charge in [-0.15, -0.1) is 0 Å². The maximum Gasteiger partial charge on any atom is 0.262 e. The molecule has 0 saturated heterocycles. The van der Waals surface area contributed by atoms with E-state index in [0.717, 1.165) is 28.2 Å². The molecule has 8 nitrogen and oxygen atoms in total. The first-order chi connectivity index (χ1) is 21.5. The molecule has 3 aliphatic rings. The minimum Gasteiger partial charge on any atom is -0.489 e. The highest BCUT2D eigenvalue weighted by molar-refractivity contribution is 6.23. The van der Waals surface area contributed by atoms with Gasteiger partial charge in [0.2, 0.25) is 11.8 Å². The van der Waals surface area contributed by atoms with Gasteiger partial charge in [-0.25, -0.2) is 0 Å². The van der Waals surface area contributed by atoms with Crippen LogP contribution < -0.4 is 14.5 Å². The lowest BCUT2D eigenvalue weighted by Crippen LogP contribution is -2.49. The molecule has 4 amide bonds. The Hall–Kier alpha value is -5.24. The molecular weight excluding hydrogens is 554 g/mol. The Bertz CT molecular complexity index is 1720. The second-order valence-electron chi connectivity index (χ2n) is 11.4. The van der Waals surface area contributed by atoms with Crippen molar-refractivity contribution in [2.75, 3.05) is 16.3 Å². The molecule has 0 spiro atoms. The number of para-hydroxylation sites is 2. The van der Waals surface area contributed by atoms with E-state index in [0.29, 0.717) is 48.5 Å². The predicted octanol–water partition coefficient (Wildman–Crippen LogP) is 5.61. The van der Waals surface area contributed by atoms with Crippen molar-refractivity contribution in [1.29, 1.82) is 0 Å². The van der Waals surface area contributed by atoms with Gasteiger partial charge in [-0.3, -0.25) is 24.1 Å². The summed E-state index contributed by atoms with van der Waals surface area (Å²) in [5, 5.41) is 0. The molecule has 7 rings (SSSR count). The summed E-state index contributed by atoms with van der Waals surface area (Å²) in [5.74, 6) is -1.00. The highest BCUT2D eigenvalue weighted by Gasteiger charge is 2.47. The Labute approximate surface area is 255 Å². The van der Waals surface area contributed by atoms with E-state index in [1.807, 2.05) is 78.9 Å². The lowest BCUT2D eigenvalue weighted by atomic mass is 10.0. The van der Waals surface area contributed by atoms with Gasteiger partial charge < -0.3 is 14.5 Å². The quantitative estimate of drug-likeness (QED) is 0.263. The molecule has 4 aromatic carbocycles. The third kappa shape index (κ3) is 4.92. The van der Waals surface area contributed by atoms with Gasteiger partial charge in [0, 0.05) is 6.04 Å². The van der Waals surface area contributed by atoms with Crippen molar-refractivity contribution >= 4 is 35.0 Å². The Morgan fingerprint density at radius 1 is 0.682 bits per heavy atom. The number of imide groups is 1. The summed E-state index contributed by atoms with van der Waals surface area (Å²) in [4.78, 5) is 58.8. The Kier molecular flexibility index (Phi) is 7.18. The topological polar surface area (TPSA) is 87.2 Å². The zero-order valence-corrected chi connectivity index (χ0v) is 24.1. The number of benzene rings is 4. The number of rotatable bonds is 7. The van der Waals surface area contributed by atoms with Gasteiger partial charge in [-0.1, -0.05) is 73.2 Å². The maximum atomic E-state index is 14.1. The van der Waals surface area contributed by atoms with Crippen LogP contribution in [0.4, 0.5) is 11.4 Å². The molecule has 2 atom stereocenters. The van der Waals surface area contributed by atoms with E-state index in [1.54, 1.807) is 34.1 Å². The van der Waals surface area contributed by atoms with Crippen molar-refractivity contribution in [1.82, 2.24) is 4.90 Å². The average Bonchev–Trinajstić information content (AvgIpc) is 3.61. The lowest BCUT2D eigenvalue weighted by Gasteiger charge is -2.31. The molecule has 0 radical (unpaired) electrons. The minimum atomic E-state index is -0.473. The van der Waals surface area contributed by atoms with Crippen LogP contribution in [0.2, 0.25) is 0 Å². The smallest absolute Gasteiger partial charge is 0.262 e. The maximum absolute atomic E-state index is 14.1. The van der Waals surface area contributed by atoms with Crippen LogP contribution in [0.1, 0.15) is 51.1 Å². The van der Waals surface area contributed by atoms with Crippen LogP contribution in [-0.4, -0.2) is 41.1 Å². The Morgan fingerprint density at radius 3 is 2.02 bits per heavy atom. The third-order valence-corrected chi connectivity index (χ3v) is 8.78. The summed E-state index contributed by atoms with van der Waals surface area (Å²) in [6, 6.07) is 31.3. The van der Waals surface area contributed by atoms with Gasteiger partial charge in [0.1, 0.15) is 18.9 Å². The summed E-state index contributed by atoms with van der Waals surface area (Å²) >= 11 is 0. The van der Waals surface area contributed by atoms with Crippen LogP contribution >= 0.6 is 0 Å². The molecule has 4 aromatic rings. The van der Waals surface area contributed by atoms with Crippen LogP contribution in [0, 0.1) is 5.92 Å². The summed E-state index contributed by atoms with van der Waals surface area (Å²) in [6.07, 6.45) is 2.14. The second kappa shape index (κ2) is 11.4. The van der Waals surface area contributed by atoms with Gasteiger partial charge in [0.05, 0.1) is 35.0 Å². The molecule has 220 valence electrons. The van der Waals surface area contributed by atoms with E-state index in [1.165, 1.54) is 0 Å². The van der Waals surface area contributed by atoms with Gasteiger partial charge >= 0.3 is 0 Å². The molecule has 0 N–H and O–H groups in total. The van der Waals surface area contributed by atoms with Crippen molar-refractivity contribution in [2.24, 2.45) is 5.92 Å². The molecule has 2 heterocycles. The average molecular weight is 586 g/mol. The van der Waals surface area contributed by atoms with E-state index in [4.69, 9.17) is 4.74 Å². The van der Waals surface area contributed by atoms with E-state index in [9.17, 15) is 19.2 Å². The third-order valence-electron chi connectivity index (χ3n) is 8.78. The van der Waals surface area contributed by atoms with Crippen LogP contribution in [0.15, 0.2) is 103 Å². The molecule has 1 saturated carbocycles. The number of anilines is 2. The first-order valence-electron chi connectivity index (χ1n) is 14.9. The fourth-order valence-electron chi connectivity index (χ4n) is 6.62. The number of ether oxygens (including phenoxy) is 1. The standard InChI is InChI=1S/C36H31N3O5/c40-33(22-38-34(41)27-11-4-5-12-28(27)35(38)42)39-30-16-8-13-29(30)36(43)37(31-14-6-7-15-32(31)39)21-24-17-19-26(20-18-24)44-23-25-9-2-1-3-10-25/h1-7,9-12,14-15,17-20,29-30H,8,13,16,21-23H2/t29-,30+/m0/s1. The number of fused-ring (bicyclic) bond motifs is 3. The van der Waals surface area contributed by atoms with E-state index in [2.05, 4.69) is 0 Å². The van der Waals surface area contributed by atoms with Crippen molar-refractivity contribution in [3.05, 3.63) is 125 Å². The van der Waals surface area contributed by atoms with Crippen LogP contribution in [0.5, 0.6) is 5.75 Å². The monoisotopic (exact) mass is 585 g/mol. The number of nitrogens with zero attached hydrogens (tertiary/aromatic N) is 3. The molecule has 44 heavy (non-hydrogen) atoms. The van der Waals surface area contributed by atoms with E-state index >= 15 is 0 Å². The van der Waals surface area contributed by atoms with Crippen molar-refractivity contribution in [3.8, 4) is 5.75 Å². The number of carbonyl (C=O) groups excluding carboxylic acids is 4. The molecule has 0 bridgehead atoms. The highest BCUT2D eigenvalue weighted by Crippen LogP contribution is 2.43. The minimum absolute atomic E-state index is 0.0274. The van der Waals surface area contributed by atoms with Gasteiger partial charge in [-0.05, 0) is 60.4 Å². The molecule has 1 fully saturated rings. The highest BCUT2D eigenvalue weighted by atomic mass is 16.5. The van der Waals surface area contributed by atoms with Gasteiger partial charge in [0.15, 0.2) is 0 Å². The van der Waals surface area contributed by atoms with Crippen molar-refractivity contribution < 1.29 is 23.9 Å². The summed E-state index contributed by atoms with van der Waals surface area (Å²) < 4.78 is 5.95. The number of hydrogen-bond acceptors (Lipinski definition) is 5. The van der Waals surface area contributed by atoms with Gasteiger partial charge in [0.25, 0.3) is 11.8 Å². The van der Waals surface area contributed by atoms with Crippen LogP contribution in [-0.2, 0) is 22.7 Å². The number of hydrogen-bond donors (Lipinski definition) is 0. The molecule has 0 aromatic heterocycles. The first-order valence-corrected chi connectivity index (χ1v) is 14.9. The molecule has 0 unspecified atom stereocenters. The van der Waals surface area contributed by atoms with Crippen LogP contribution in [0.25, 0.3) is 0 Å². The fraction of sp³-hybridized carbons (Fsp3) is 0.222. The SMILES string of the molecule is O=C1c2ccccc2C(=O)N1CC(=O)N1c2ccccc2N(Cc2ccc(OCc3ccccc3)cc2)C(=O)[C@H]2CCC[C@H]21. The largest absolute Gasteiger partial charge is 0.489 e. The van der Waals surface area contributed by atoms with Crippen molar-refractivity contribution in [3.63, 3.8) is 0 Å². The Morgan fingerprint density at radius 2 is 1.32 bits per heavy atom. The zero-order valence-electron chi connectivity index (χ0n) is 24.1. The number of carbonyl (C=O) groups is 4. The van der Waals surface area contributed by atoms with Crippen molar-refractivity contribution in [2.45, 2.75) is 38.5 Å².